The second-order valence-corrected chi connectivity index (χ2v) is 10.1. The molecule has 0 radical (unpaired) electrons. The van der Waals surface area contributed by atoms with Crippen LogP contribution in [-0.4, -0.2) is 19.9 Å². The van der Waals surface area contributed by atoms with Crippen LogP contribution in [0, 0.1) is 0 Å². The molecular weight excluding hydrogens is 488 g/mol. The first kappa shape index (κ1) is 22.5. The molecule has 0 bridgehead atoms. The fourth-order valence-corrected chi connectivity index (χ4v) is 5.91. The molecule has 0 aliphatic carbocycles. The van der Waals surface area contributed by atoms with Crippen molar-refractivity contribution < 1.29 is 0 Å². The van der Waals surface area contributed by atoms with Gasteiger partial charge in [0.25, 0.3) is 0 Å². The minimum atomic E-state index is 1.01. The van der Waals surface area contributed by atoms with Gasteiger partial charge < -0.3 is 0 Å². The van der Waals surface area contributed by atoms with Crippen LogP contribution in [0.15, 0.2) is 135 Å². The lowest BCUT2D eigenvalue weighted by atomic mass is 9.87. The summed E-state index contributed by atoms with van der Waals surface area (Å²) in [7, 11) is 0. The zero-order valence-electron chi connectivity index (χ0n) is 21.5. The predicted molar refractivity (Wildman–Crippen MR) is 163 cm³/mol. The lowest BCUT2D eigenvalue weighted by molar-refractivity contribution is 1.17. The van der Waals surface area contributed by atoms with E-state index in [-0.39, 0.29) is 0 Å². The van der Waals surface area contributed by atoms with E-state index in [2.05, 4.69) is 117 Å². The molecule has 0 fully saturated rings. The van der Waals surface area contributed by atoms with Gasteiger partial charge in [-0.3, -0.25) is 0 Å². The van der Waals surface area contributed by atoms with Crippen molar-refractivity contribution in [1.29, 1.82) is 0 Å². The van der Waals surface area contributed by atoms with Crippen LogP contribution in [0.3, 0.4) is 0 Å². The number of benzene rings is 6. The SMILES string of the molecule is c1cc(-c2cncnc2)cc(-c2ccc3ccc4c(-c5ccc(-c6cncnc6)cc5)ccc5ccc2c3c54)c1. The second kappa shape index (κ2) is 9.07. The molecule has 2 heterocycles. The summed E-state index contributed by atoms with van der Waals surface area (Å²) < 4.78 is 0. The highest BCUT2D eigenvalue weighted by Gasteiger charge is 2.15. The lowest BCUT2D eigenvalue weighted by Gasteiger charge is -2.17. The van der Waals surface area contributed by atoms with Crippen molar-refractivity contribution in [3.63, 3.8) is 0 Å². The summed E-state index contributed by atoms with van der Waals surface area (Å²) in [5.74, 6) is 0. The van der Waals surface area contributed by atoms with Crippen LogP contribution in [0.1, 0.15) is 0 Å². The molecule has 40 heavy (non-hydrogen) atoms. The first-order chi connectivity index (χ1) is 19.8. The van der Waals surface area contributed by atoms with E-state index in [4.69, 9.17) is 0 Å². The second-order valence-electron chi connectivity index (χ2n) is 10.1. The van der Waals surface area contributed by atoms with Crippen LogP contribution in [-0.2, 0) is 0 Å². The first-order valence-electron chi connectivity index (χ1n) is 13.3. The van der Waals surface area contributed by atoms with E-state index in [0.717, 1.165) is 22.3 Å². The van der Waals surface area contributed by atoms with Gasteiger partial charge in [-0.25, -0.2) is 19.9 Å². The number of aromatic nitrogens is 4. The van der Waals surface area contributed by atoms with Gasteiger partial charge in [0.1, 0.15) is 12.7 Å². The van der Waals surface area contributed by atoms with Crippen molar-refractivity contribution in [2.24, 2.45) is 0 Å². The smallest absolute Gasteiger partial charge is 0.115 e. The molecule has 0 aliphatic rings. The Hall–Kier alpha value is -5.48. The fourth-order valence-electron chi connectivity index (χ4n) is 5.91. The molecule has 0 saturated carbocycles. The zero-order chi connectivity index (χ0) is 26.5. The zero-order valence-corrected chi connectivity index (χ0v) is 21.5. The monoisotopic (exact) mass is 510 g/mol. The van der Waals surface area contributed by atoms with Gasteiger partial charge in [-0.1, -0.05) is 91.0 Å². The number of nitrogens with zero attached hydrogens (tertiary/aromatic N) is 4. The van der Waals surface area contributed by atoms with Crippen molar-refractivity contribution in [3.8, 4) is 44.5 Å². The van der Waals surface area contributed by atoms with E-state index in [1.807, 2.05) is 24.8 Å². The van der Waals surface area contributed by atoms with E-state index in [1.165, 1.54) is 54.6 Å². The summed E-state index contributed by atoms with van der Waals surface area (Å²) in [6, 6.07) is 35.4. The maximum absolute atomic E-state index is 4.21. The topological polar surface area (TPSA) is 51.6 Å². The molecule has 0 aliphatic heterocycles. The molecule has 0 saturated heterocycles. The minimum absolute atomic E-state index is 1.01. The third kappa shape index (κ3) is 3.62. The molecule has 8 aromatic rings. The molecule has 8 rings (SSSR count). The largest absolute Gasteiger partial charge is 0.244 e. The van der Waals surface area contributed by atoms with E-state index >= 15 is 0 Å². The summed E-state index contributed by atoms with van der Waals surface area (Å²) in [5, 5.41) is 7.64. The number of hydrogen-bond donors (Lipinski definition) is 0. The third-order valence-electron chi connectivity index (χ3n) is 7.82. The van der Waals surface area contributed by atoms with Crippen LogP contribution in [0.2, 0.25) is 0 Å². The van der Waals surface area contributed by atoms with Crippen molar-refractivity contribution in [3.05, 3.63) is 135 Å². The minimum Gasteiger partial charge on any atom is -0.244 e. The Bertz CT molecular complexity index is 2140. The molecule has 4 heteroatoms. The van der Waals surface area contributed by atoms with Gasteiger partial charge in [-0.2, -0.15) is 0 Å². The van der Waals surface area contributed by atoms with Crippen LogP contribution in [0.5, 0.6) is 0 Å². The molecule has 186 valence electrons. The standard InChI is InChI=1S/C36H22N4/c1-2-27(30-19-39-22-40-20-30)16-28(3-1)32-13-9-26-10-14-33-31(12-8-25-11-15-34(32)36(26)35(25)33)24-6-4-23(5-7-24)29-17-37-21-38-18-29/h1-22H. The van der Waals surface area contributed by atoms with Crippen molar-refractivity contribution in [1.82, 2.24) is 19.9 Å². The average Bonchev–Trinajstić information content (AvgIpc) is 3.04. The van der Waals surface area contributed by atoms with Crippen LogP contribution < -0.4 is 0 Å². The van der Waals surface area contributed by atoms with Crippen molar-refractivity contribution in [2.75, 3.05) is 0 Å². The molecule has 0 unspecified atom stereocenters. The highest BCUT2D eigenvalue weighted by Crippen LogP contribution is 2.42. The van der Waals surface area contributed by atoms with Crippen LogP contribution in [0.25, 0.3) is 76.8 Å². The van der Waals surface area contributed by atoms with Crippen LogP contribution >= 0.6 is 0 Å². The Labute approximate surface area is 231 Å². The number of rotatable bonds is 4. The summed E-state index contributed by atoms with van der Waals surface area (Å²) in [5.41, 5.74) is 9.07. The Morgan fingerprint density at radius 3 is 1.43 bits per heavy atom. The Balaban J connectivity index is 1.30. The Kier molecular flexibility index (Phi) is 5.10. The molecule has 0 N–H and O–H groups in total. The Morgan fingerprint density at radius 2 is 0.825 bits per heavy atom. The molecule has 6 aromatic carbocycles. The highest BCUT2D eigenvalue weighted by atomic mass is 14.8. The van der Waals surface area contributed by atoms with E-state index in [0.29, 0.717) is 0 Å². The highest BCUT2D eigenvalue weighted by molar-refractivity contribution is 6.27. The predicted octanol–water partition coefficient (Wildman–Crippen LogP) is 8.83. The summed E-state index contributed by atoms with van der Waals surface area (Å²) in [6.45, 7) is 0. The summed E-state index contributed by atoms with van der Waals surface area (Å²) in [6.07, 6.45) is 10.5. The van der Waals surface area contributed by atoms with Gasteiger partial charge >= 0.3 is 0 Å². The Morgan fingerprint density at radius 1 is 0.350 bits per heavy atom. The van der Waals surface area contributed by atoms with Crippen molar-refractivity contribution in [2.45, 2.75) is 0 Å². The van der Waals surface area contributed by atoms with E-state index in [9.17, 15) is 0 Å². The molecule has 4 nitrogen and oxygen atoms in total. The maximum atomic E-state index is 4.21. The summed E-state index contributed by atoms with van der Waals surface area (Å²) in [4.78, 5) is 16.7. The van der Waals surface area contributed by atoms with Gasteiger partial charge in [0, 0.05) is 35.9 Å². The van der Waals surface area contributed by atoms with E-state index < -0.39 is 0 Å². The van der Waals surface area contributed by atoms with Crippen LogP contribution in [0.4, 0.5) is 0 Å². The molecule has 0 spiro atoms. The average molecular weight is 511 g/mol. The van der Waals surface area contributed by atoms with E-state index in [1.54, 1.807) is 12.7 Å². The normalized spacial score (nSPS) is 11.5. The van der Waals surface area contributed by atoms with Gasteiger partial charge in [-0.15, -0.1) is 0 Å². The van der Waals surface area contributed by atoms with Crippen molar-refractivity contribution >= 4 is 32.3 Å². The van der Waals surface area contributed by atoms with Gasteiger partial charge in [0.15, 0.2) is 0 Å². The number of hydrogen-bond acceptors (Lipinski definition) is 4. The third-order valence-corrected chi connectivity index (χ3v) is 7.82. The lowest BCUT2D eigenvalue weighted by Crippen LogP contribution is -1.90. The molecular formula is C36H22N4. The molecule has 2 aromatic heterocycles. The molecule has 0 amide bonds. The summed E-state index contributed by atoms with van der Waals surface area (Å²) >= 11 is 0. The quantitative estimate of drug-likeness (QED) is 0.222. The van der Waals surface area contributed by atoms with Gasteiger partial charge in [-0.05, 0) is 71.8 Å². The first-order valence-corrected chi connectivity index (χ1v) is 13.3. The molecule has 0 atom stereocenters. The van der Waals surface area contributed by atoms with Gasteiger partial charge in [0.2, 0.25) is 0 Å². The fraction of sp³-hybridized carbons (Fsp3) is 0. The maximum Gasteiger partial charge on any atom is 0.115 e. The van der Waals surface area contributed by atoms with Gasteiger partial charge in [0.05, 0.1) is 0 Å².